The van der Waals surface area contributed by atoms with Crippen molar-refractivity contribution in [3.63, 3.8) is 0 Å². The van der Waals surface area contributed by atoms with E-state index in [-0.39, 0.29) is 12.0 Å². The Balaban J connectivity index is 1.34. The summed E-state index contributed by atoms with van der Waals surface area (Å²) in [5.74, 6) is 0.959. The van der Waals surface area contributed by atoms with Crippen molar-refractivity contribution in [2.24, 2.45) is 5.92 Å². The number of carbonyl (C=O) groups excluding carboxylic acids is 1. The minimum absolute atomic E-state index is 0.107. The van der Waals surface area contributed by atoms with Crippen molar-refractivity contribution in [3.05, 3.63) is 35.9 Å². The van der Waals surface area contributed by atoms with Gasteiger partial charge in [-0.15, -0.1) is 0 Å². The molecule has 1 aliphatic carbocycles. The van der Waals surface area contributed by atoms with Crippen LogP contribution in [-0.4, -0.2) is 43.2 Å². The molecule has 2 fully saturated rings. The van der Waals surface area contributed by atoms with Crippen LogP contribution in [0.25, 0.3) is 0 Å². The van der Waals surface area contributed by atoms with Crippen LogP contribution in [0.15, 0.2) is 30.3 Å². The molecule has 4 nitrogen and oxygen atoms in total. The molecule has 138 valence electrons. The third-order valence-electron chi connectivity index (χ3n) is 5.50. The fourth-order valence-corrected chi connectivity index (χ4v) is 4.02. The Morgan fingerprint density at radius 3 is 2.76 bits per heavy atom. The summed E-state index contributed by atoms with van der Waals surface area (Å²) in [6, 6.07) is 10.5. The molecule has 1 heterocycles. The minimum Gasteiger partial charge on any atom is -0.374 e. The van der Waals surface area contributed by atoms with Gasteiger partial charge in [-0.2, -0.15) is 0 Å². The Kier molecular flexibility index (Phi) is 7.31. The van der Waals surface area contributed by atoms with Crippen molar-refractivity contribution in [1.29, 1.82) is 0 Å². The first-order chi connectivity index (χ1) is 12.3. The van der Waals surface area contributed by atoms with E-state index >= 15 is 0 Å². The number of hydrogen-bond acceptors (Lipinski definition) is 3. The molecule has 1 aliphatic heterocycles. The van der Waals surface area contributed by atoms with Crippen molar-refractivity contribution in [3.8, 4) is 0 Å². The van der Waals surface area contributed by atoms with Crippen molar-refractivity contribution >= 4 is 5.91 Å². The highest BCUT2D eigenvalue weighted by molar-refractivity contribution is 5.75. The zero-order valence-electron chi connectivity index (χ0n) is 15.3. The Hall–Kier alpha value is -1.39. The van der Waals surface area contributed by atoms with Crippen LogP contribution in [0.2, 0.25) is 0 Å². The highest BCUT2D eigenvalue weighted by Gasteiger charge is 2.21. The van der Waals surface area contributed by atoms with Gasteiger partial charge in [0, 0.05) is 32.6 Å². The van der Waals surface area contributed by atoms with Crippen LogP contribution in [-0.2, 0) is 16.1 Å². The smallest absolute Gasteiger partial charge is 0.220 e. The minimum atomic E-state index is 0.107. The summed E-state index contributed by atoms with van der Waals surface area (Å²) in [6.45, 7) is 4.18. The number of ether oxygens (including phenoxy) is 1. The van der Waals surface area contributed by atoms with Crippen LogP contribution in [0.3, 0.4) is 0 Å². The van der Waals surface area contributed by atoms with E-state index in [0.717, 1.165) is 38.6 Å². The number of hydrogen-bond donors (Lipinski definition) is 1. The highest BCUT2D eigenvalue weighted by atomic mass is 16.5. The number of carbonyl (C=O) groups is 1. The van der Waals surface area contributed by atoms with Crippen molar-refractivity contribution < 1.29 is 9.53 Å². The molecule has 0 spiro atoms. The molecule has 3 rings (SSSR count). The first kappa shape index (κ1) is 18.4. The lowest BCUT2D eigenvalue weighted by atomic mass is 9.86. The van der Waals surface area contributed by atoms with E-state index in [1.165, 1.54) is 37.7 Å². The molecule has 1 atom stereocenters. The van der Waals surface area contributed by atoms with Crippen molar-refractivity contribution in [2.75, 3.05) is 26.2 Å². The predicted molar refractivity (Wildman–Crippen MR) is 100 cm³/mol. The molecule has 0 bridgehead atoms. The maximum atomic E-state index is 12.1. The van der Waals surface area contributed by atoms with E-state index in [1.54, 1.807) is 0 Å². The van der Waals surface area contributed by atoms with E-state index in [1.807, 2.05) is 0 Å². The Bertz CT molecular complexity index is 514. The number of rotatable bonds is 7. The summed E-state index contributed by atoms with van der Waals surface area (Å²) in [5, 5.41) is 3.09. The van der Waals surface area contributed by atoms with Crippen LogP contribution in [0.1, 0.15) is 50.5 Å². The zero-order valence-corrected chi connectivity index (χ0v) is 15.3. The van der Waals surface area contributed by atoms with E-state index in [9.17, 15) is 4.79 Å². The third kappa shape index (κ3) is 6.44. The van der Waals surface area contributed by atoms with E-state index in [2.05, 4.69) is 40.5 Å². The summed E-state index contributed by atoms with van der Waals surface area (Å²) < 4.78 is 5.83. The molecule has 4 heteroatoms. The lowest BCUT2D eigenvalue weighted by Gasteiger charge is -2.33. The van der Waals surface area contributed by atoms with Crippen LogP contribution in [0.4, 0.5) is 0 Å². The van der Waals surface area contributed by atoms with Gasteiger partial charge in [0.15, 0.2) is 0 Å². The van der Waals surface area contributed by atoms with Crippen LogP contribution >= 0.6 is 0 Å². The molecule has 1 aromatic rings. The Morgan fingerprint density at radius 1 is 1.16 bits per heavy atom. The van der Waals surface area contributed by atoms with Crippen LogP contribution in [0.5, 0.6) is 0 Å². The summed E-state index contributed by atoms with van der Waals surface area (Å²) in [4.78, 5) is 14.5. The molecule has 2 aliphatic rings. The standard InChI is InChI=1S/C21H32N2O2/c24-21(12-11-18-7-3-1-4-8-18)22-15-20-17-23(13-14-25-20)16-19-9-5-2-6-10-19/h2,5-6,9-10,18,20H,1,3-4,7-8,11-17H2,(H,22,24). The second kappa shape index (κ2) is 9.93. The molecule has 0 radical (unpaired) electrons. The summed E-state index contributed by atoms with van der Waals surface area (Å²) in [6.07, 6.45) is 8.53. The predicted octanol–water partition coefficient (Wildman–Crippen LogP) is 3.36. The second-order valence-electron chi connectivity index (χ2n) is 7.56. The molecular formula is C21H32N2O2. The maximum Gasteiger partial charge on any atom is 0.220 e. The quantitative estimate of drug-likeness (QED) is 0.825. The Morgan fingerprint density at radius 2 is 1.96 bits per heavy atom. The van der Waals surface area contributed by atoms with Gasteiger partial charge in [-0.25, -0.2) is 0 Å². The van der Waals surface area contributed by atoms with Gasteiger partial charge >= 0.3 is 0 Å². The van der Waals surface area contributed by atoms with Gasteiger partial charge in [0.2, 0.25) is 5.91 Å². The van der Waals surface area contributed by atoms with Gasteiger partial charge in [-0.3, -0.25) is 9.69 Å². The van der Waals surface area contributed by atoms with Gasteiger partial charge in [-0.05, 0) is 17.9 Å². The van der Waals surface area contributed by atoms with Gasteiger partial charge in [0.1, 0.15) is 0 Å². The largest absolute Gasteiger partial charge is 0.374 e. The fourth-order valence-electron chi connectivity index (χ4n) is 4.02. The average molecular weight is 344 g/mol. The first-order valence-corrected chi connectivity index (χ1v) is 9.94. The summed E-state index contributed by atoms with van der Waals surface area (Å²) >= 11 is 0. The molecular weight excluding hydrogens is 312 g/mol. The lowest BCUT2D eigenvalue weighted by Crippen LogP contribution is -2.47. The number of morpholine rings is 1. The normalized spacial score (nSPS) is 22.6. The number of nitrogens with one attached hydrogen (secondary N) is 1. The topological polar surface area (TPSA) is 41.6 Å². The Labute approximate surface area is 151 Å². The molecule has 1 aromatic carbocycles. The summed E-state index contributed by atoms with van der Waals surface area (Å²) in [5.41, 5.74) is 1.33. The fraction of sp³-hybridized carbons (Fsp3) is 0.667. The SMILES string of the molecule is O=C(CCC1CCCCC1)NCC1CN(Cc2ccccc2)CCO1. The third-order valence-corrected chi connectivity index (χ3v) is 5.50. The average Bonchev–Trinajstić information content (AvgIpc) is 2.67. The van der Waals surface area contributed by atoms with E-state index in [0.29, 0.717) is 13.0 Å². The monoisotopic (exact) mass is 344 g/mol. The molecule has 25 heavy (non-hydrogen) atoms. The lowest BCUT2D eigenvalue weighted by molar-refractivity contribution is -0.122. The van der Waals surface area contributed by atoms with Crippen molar-refractivity contribution in [1.82, 2.24) is 10.2 Å². The molecule has 1 saturated heterocycles. The van der Waals surface area contributed by atoms with Gasteiger partial charge in [0.25, 0.3) is 0 Å². The van der Waals surface area contributed by atoms with E-state index in [4.69, 9.17) is 4.74 Å². The zero-order chi connectivity index (χ0) is 17.3. The highest BCUT2D eigenvalue weighted by Crippen LogP contribution is 2.27. The first-order valence-electron chi connectivity index (χ1n) is 9.94. The van der Waals surface area contributed by atoms with Crippen LogP contribution in [0, 0.1) is 5.92 Å². The molecule has 1 amide bonds. The maximum absolute atomic E-state index is 12.1. The second-order valence-corrected chi connectivity index (χ2v) is 7.56. The van der Waals surface area contributed by atoms with E-state index < -0.39 is 0 Å². The summed E-state index contributed by atoms with van der Waals surface area (Å²) in [7, 11) is 0. The van der Waals surface area contributed by atoms with Crippen molar-refractivity contribution in [2.45, 2.75) is 57.6 Å². The molecule has 0 aromatic heterocycles. The number of amides is 1. The molecule has 1 N–H and O–H groups in total. The van der Waals surface area contributed by atoms with Crippen LogP contribution < -0.4 is 5.32 Å². The molecule has 1 unspecified atom stereocenters. The number of nitrogens with zero attached hydrogens (tertiary/aromatic N) is 1. The van der Waals surface area contributed by atoms with Gasteiger partial charge in [-0.1, -0.05) is 62.4 Å². The van der Waals surface area contributed by atoms with Gasteiger partial charge in [0.05, 0.1) is 12.7 Å². The number of benzene rings is 1. The molecule has 1 saturated carbocycles. The van der Waals surface area contributed by atoms with Gasteiger partial charge < -0.3 is 10.1 Å².